The van der Waals surface area contributed by atoms with Crippen LogP contribution in [0.4, 0.5) is 0 Å². The van der Waals surface area contributed by atoms with Gasteiger partial charge in [-0.15, -0.1) is 0 Å². The maximum Gasteiger partial charge on any atom is 0.0845 e. The summed E-state index contributed by atoms with van der Waals surface area (Å²) < 4.78 is 1.02. The molecule has 94 valence electrons. The molecule has 0 amide bonds. The first-order chi connectivity index (χ1) is 8.56. The Hall–Kier alpha value is -0.540. The van der Waals surface area contributed by atoms with Crippen LogP contribution < -0.4 is 0 Å². The Labute approximate surface area is 124 Å². The van der Waals surface area contributed by atoms with Gasteiger partial charge in [0.25, 0.3) is 0 Å². The van der Waals surface area contributed by atoms with Gasteiger partial charge in [0.15, 0.2) is 0 Å². The standard InChI is InChI=1S/C14H11BrCl2O/c15-10-3-1-9(2-4-10)7-14(18)12-8-11(16)5-6-13(12)17/h1-6,8,14,18H,7H2. The van der Waals surface area contributed by atoms with Crippen LogP contribution in [0.15, 0.2) is 46.9 Å². The molecule has 2 rings (SSSR count). The van der Waals surface area contributed by atoms with Crippen molar-refractivity contribution in [3.8, 4) is 0 Å². The molecule has 0 spiro atoms. The predicted molar refractivity (Wildman–Crippen MR) is 79.3 cm³/mol. The zero-order valence-corrected chi connectivity index (χ0v) is 12.5. The summed E-state index contributed by atoms with van der Waals surface area (Å²) in [5.41, 5.74) is 1.70. The Kier molecular flexibility index (Phi) is 4.68. The van der Waals surface area contributed by atoms with Crippen LogP contribution in [-0.2, 0) is 6.42 Å². The molecule has 18 heavy (non-hydrogen) atoms. The molecule has 0 radical (unpaired) electrons. The topological polar surface area (TPSA) is 20.2 Å². The Morgan fingerprint density at radius 1 is 1.06 bits per heavy atom. The van der Waals surface area contributed by atoms with E-state index in [2.05, 4.69) is 15.9 Å². The lowest BCUT2D eigenvalue weighted by molar-refractivity contribution is 0.178. The summed E-state index contributed by atoms with van der Waals surface area (Å²) in [6.45, 7) is 0. The molecule has 1 unspecified atom stereocenters. The van der Waals surface area contributed by atoms with Crippen molar-refractivity contribution >= 4 is 39.1 Å². The normalized spacial score (nSPS) is 12.4. The average molecular weight is 346 g/mol. The Bertz CT molecular complexity index is 540. The first-order valence-corrected chi connectivity index (χ1v) is 6.98. The van der Waals surface area contributed by atoms with Crippen LogP contribution in [0.5, 0.6) is 0 Å². The SMILES string of the molecule is OC(Cc1ccc(Br)cc1)c1cc(Cl)ccc1Cl. The van der Waals surface area contributed by atoms with Gasteiger partial charge in [0.2, 0.25) is 0 Å². The van der Waals surface area contributed by atoms with Crippen LogP contribution >= 0.6 is 39.1 Å². The molecule has 4 heteroatoms. The van der Waals surface area contributed by atoms with Crippen LogP contribution in [0.25, 0.3) is 0 Å². The van der Waals surface area contributed by atoms with Gasteiger partial charge in [0.1, 0.15) is 0 Å². The first kappa shape index (κ1) is 13.9. The van der Waals surface area contributed by atoms with Crippen LogP contribution in [0.3, 0.4) is 0 Å². The maximum atomic E-state index is 10.2. The van der Waals surface area contributed by atoms with E-state index in [1.807, 2.05) is 24.3 Å². The Balaban J connectivity index is 2.18. The maximum absolute atomic E-state index is 10.2. The second-order valence-corrected chi connectivity index (χ2v) is 5.77. The molecular weight excluding hydrogens is 335 g/mol. The second kappa shape index (κ2) is 6.07. The fourth-order valence-electron chi connectivity index (χ4n) is 1.72. The molecule has 0 saturated heterocycles. The molecule has 2 aromatic rings. The summed E-state index contributed by atoms with van der Waals surface area (Å²) in [7, 11) is 0. The van der Waals surface area contributed by atoms with Gasteiger partial charge in [-0.25, -0.2) is 0 Å². The minimum atomic E-state index is -0.655. The molecule has 1 atom stereocenters. The third kappa shape index (κ3) is 3.48. The first-order valence-electron chi connectivity index (χ1n) is 5.44. The fraction of sp³-hybridized carbons (Fsp3) is 0.143. The zero-order valence-electron chi connectivity index (χ0n) is 9.41. The minimum absolute atomic E-state index is 0.507. The molecular formula is C14H11BrCl2O. The van der Waals surface area contributed by atoms with E-state index in [1.165, 1.54) is 0 Å². The van der Waals surface area contributed by atoms with Crippen molar-refractivity contribution in [1.29, 1.82) is 0 Å². The average Bonchev–Trinajstić information content (AvgIpc) is 2.35. The zero-order chi connectivity index (χ0) is 13.1. The molecule has 0 saturated carbocycles. The van der Waals surface area contributed by atoms with Crippen molar-refractivity contribution in [2.24, 2.45) is 0 Å². The van der Waals surface area contributed by atoms with Crippen molar-refractivity contribution in [2.75, 3.05) is 0 Å². The van der Waals surface area contributed by atoms with E-state index in [-0.39, 0.29) is 0 Å². The number of rotatable bonds is 3. The van der Waals surface area contributed by atoms with Gasteiger partial charge in [-0.2, -0.15) is 0 Å². The summed E-state index contributed by atoms with van der Waals surface area (Å²) in [6.07, 6.45) is -0.148. The lowest BCUT2D eigenvalue weighted by atomic mass is 10.0. The Morgan fingerprint density at radius 2 is 1.72 bits per heavy atom. The molecule has 0 bridgehead atoms. The highest BCUT2D eigenvalue weighted by Gasteiger charge is 2.12. The van der Waals surface area contributed by atoms with Gasteiger partial charge < -0.3 is 5.11 Å². The second-order valence-electron chi connectivity index (χ2n) is 4.01. The van der Waals surface area contributed by atoms with E-state index in [4.69, 9.17) is 23.2 Å². The summed E-state index contributed by atoms with van der Waals surface area (Å²) in [4.78, 5) is 0. The number of benzene rings is 2. The van der Waals surface area contributed by atoms with E-state index < -0.39 is 6.10 Å². The number of hydrogen-bond donors (Lipinski definition) is 1. The van der Waals surface area contributed by atoms with Gasteiger partial charge in [-0.05, 0) is 35.9 Å². The minimum Gasteiger partial charge on any atom is -0.388 e. The van der Waals surface area contributed by atoms with E-state index in [0.717, 1.165) is 10.0 Å². The van der Waals surface area contributed by atoms with Gasteiger partial charge >= 0.3 is 0 Å². The lowest BCUT2D eigenvalue weighted by Crippen LogP contribution is -2.02. The summed E-state index contributed by atoms with van der Waals surface area (Å²) in [6, 6.07) is 12.9. The molecule has 0 aliphatic heterocycles. The highest BCUT2D eigenvalue weighted by atomic mass is 79.9. The monoisotopic (exact) mass is 344 g/mol. The number of aliphatic hydroxyl groups excluding tert-OH is 1. The highest BCUT2D eigenvalue weighted by molar-refractivity contribution is 9.10. The highest BCUT2D eigenvalue weighted by Crippen LogP contribution is 2.28. The quantitative estimate of drug-likeness (QED) is 0.826. The molecule has 0 heterocycles. The molecule has 2 aromatic carbocycles. The van der Waals surface area contributed by atoms with Gasteiger partial charge in [0.05, 0.1) is 6.10 Å². The van der Waals surface area contributed by atoms with E-state index in [9.17, 15) is 5.11 Å². The van der Waals surface area contributed by atoms with Crippen LogP contribution in [0.2, 0.25) is 10.0 Å². The van der Waals surface area contributed by atoms with Gasteiger partial charge in [-0.1, -0.05) is 51.3 Å². The summed E-state index contributed by atoms with van der Waals surface area (Å²) in [5, 5.41) is 11.3. The van der Waals surface area contributed by atoms with Gasteiger partial charge in [0, 0.05) is 26.5 Å². The molecule has 1 nitrogen and oxygen atoms in total. The van der Waals surface area contributed by atoms with Crippen LogP contribution in [0, 0.1) is 0 Å². The largest absolute Gasteiger partial charge is 0.388 e. The fourth-order valence-corrected chi connectivity index (χ4v) is 2.41. The lowest BCUT2D eigenvalue weighted by Gasteiger charge is -2.13. The molecule has 1 N–H and O–H groups in total. The molecule has 0 fully saturated rings. The van der Waals surface area contributed by atoms with Crippen molar-refractivity contribution in [3.05, 3.63) is 68.1 Å². The third-order valence-electron chi connectivity index (χ3n) is 2.66. The number of hydrogen-bond acceptors (Lipinski definition) is 1. The molecule has 0 aliphatic rings. The van der Waals surface area contributed by atoms with Crippen molar-refractivity contribution < 1.29 is 5.11 Å². The van der Waals surface area contributed by atoms with E-state index in [1.54, 1.807) is 18.2 Å². The number of aliphatic hydroxyl groups is 1. The van der Waals surface area contributed by atoms with Crippen LogP contribution in [0.1, 0.15) is 17.2 Å². The van der Waals surface area contributed by atoms with Gasteiger partial charge in [-0.3, -0.25) is 0 Å². The predicted octanol–water partition coefficient (Wildman–Crippen LogP) is 5.03. The molecule has 0 aromatic heterocycles. The smallest absolute Gasteiger partial charge is 0.0845 e. The van der Waals surface area contributed by atoms with E-state index in [0.29, 0.717) is 22.0 Å². The van der Waals surface area contributed by atoms with Crippen molar-refractivity contribution in [2.45, 2.75) is 12.5 Å². The molecule has 0 aliphatic carbocycles. The number of halogens is 3. The third-order valence-corrected chi connectivity index (χ3v) is 3.77. The van der Waals surface area contributed by atoms with Crippen molar-refractivity contribution in [1.82, 2.24) is 0 Å². The van der Waals surface area contributed by atoms with E-state index >= 15 is 0 Å². The Morgan fingerprint density at radius 3 is 2.39 bits per heavy atom. The van der Waals surface area contributed by atoms with Crippen LogP contribution in [-0.4, -0.2) is 5.11 Å². The van der Waals surface area contributed by atoms with Crippen molar-refractivity contribution in [3.63, 3.8) is 0 Å². The summed E-state index contributed by atoms with van der Waals surface area (Å²) >= 11 is 15.3. The summed E-state index contributed by atoms with van der Waals surface area (Å²) in [5.74, 6) is 0.